The Hall–Kier alpha value is -2.55. The molecule has 21 heavy (non-hydrogen) atoms. The predicted octanol–water partition coefficient (Wildman–Crippen LogP) is 3.72. The van der Waals surface area contributed by atoms with Gasteiger partial charge in [-0.25, -0.2) is 4.79 Å². The van der Waals surface area contributed by atoms with Gasteiger partial charge >= 0.3 is 6.09 Å². The first-order chi connectivity index (χ1) is 10.3. The zero-order valence-electron chi connectivity index (χ0n) is 11.7. The minimum absolute atomic E-state index is 0.0158. The standard InChI is InChI=1S/C18H17NO2/c20-18-19(13-16-9-5-2-6-10-16)17(14-21-18)12-11-15-7-3-1-4-8-15/h1-12,17H,13-14H2. The molecule has 0 N–H and O–H groups in total. The summed E-state index contributed by atoms with van der Waals surface area (Å²) < 4.78 is 5.17. The minimum atomic E-state index is -0.249. The lowest BCUT2D eigenvalue weighted by molar-refractivity contribution is 0.156. The first kappa shape index (κ1) is 13.4. The van der Waals surface area contributed by atoms with Gasteiger partial charge in [0.1, 0.15) is 6.61 Å². The fraction of sp³-hybridized carbons (Fsp3) is 0.167. The number of carbonyl (C=O) groups excluding carboxylic acids is 1. The summed E-state index contributed by atoms with van der Waals surface area (Å²) in [7, 11) is 0. The van der Waals surface area contributed by atoms with Crippen LogP contribution < -0.4 is 0 Å². The predicted molar refractivity (Wildman–Crippen MR) is 82.6 cm³/mol. The highest BCUT2D eigenvalue weighted by Gasteiger charge is 2.30. The Kier molecular flexibility index (Phi) is 4.01. The smallest absolute Gasteiger partial charge is 0.410 e. The fourth-order valence-corrected chi connectivity index (χ4v) is 2.37. The van der Waals surface area contributed by atoms with Crippen molar-refractivity contribution >= 4 is 12.2 Å². The van der Waals surface area contributed by atoms with Crippen LogP contribution in [0.15, 0.2) is 66.7 Å². The number of carbonyl (C=O) groups is 1. The molecule has 0 bridgehead atoms. The molecule has 0 aromatic heterocycles. The lowest BCUT2D eigenvalue weighted by atomic mass is 10.1. The molecule has 1 unspecified atom stereocenters. The molecule has 0 spiro atoms. The van der Waals surface area contributed by atoms with Crippen LogP contribution in [0.1, 0.15) is 11.1 Å². The fourth-order valence-electron chi connectivity index (χ4n) is 2.37. The molecule has 3 rings (SSSR count). The van der Waals surface area contributed by atoms with Crippen LogP contribution >= 0.6 is 0 Å². The van der Waals surface area contributed by atoms with Gasteiger partial charge in [-0.05, 0) is 11.1 Å². The second-order valence-electron chi connectivity index (χ2n) is 5.03. The third-order valence-electron chi connectivity index (χ3n) is 3.52. The van der Waals surface area contributed by atoms with E-state index >= 15 is 0 Å². The molecule has 1 heterocycles. The average Bonchev–Trinajstić information content (AvgIpc) is 2.88. The van der Waals surface area contributed by atoms with E-state index in [2.05, 4.69) is 0 Å². The summed E-state index contributed by atoms with van der Waals surface area (Å²) in [4.78, 5) is 13.6. The maximum atomic E-state index is 11.9. The molecule has 1 saturated heterocycles. The van der Waals surface area contributed by atoms with Gasteiger partial charge in [0.25, 0.3) is 0 Å². The summed E-state index contributed by atoms with van der Waals surface area (Å²) in [6.07, 6.45) is 3.81. The molecule has 2 aromatic rings. The maximum Gasteiger partial charge on any atom is 0.410 e. The summed E-state index contributed by atoms with van der Waals surface area (Å²) >= 11 is 0. The van der Waals surface area contributed by atoms with Crippen LogP contribution in [0.25, 0.3) is 6.08 Å². The summed E-state index contributed by atoms with van der Waals surface area (Å²) in [6.45, 7) is 0.985. The molecule has 3 heteroatoms. The van der Waals surface area contributed by atoms with E-state index in [0.29, 0.717) is 13.2 Å². The van der Waals surface area contributed by atoms with Crippen LogP contribution in [0.4, 0.5) is 4.79 Å². The highest BCUT2D eigenvalue weighted by atomic mass is 16.6. The van der Waals surface area contributed by atoms with Gasteiger partial charge < -0.3 is 4.74 Å². The molecule has 3 nitrogen and oxygen atoms in total. The molecule has 1 fully saturated rings. The maximum absolute atomic E-state index is 11.9. The van der Waals surface area contributed by atoms with Crippen LogP contribution in [0.2, 0.25) is 0 Å². The highest BCUT2D eigenvalue weighted by molar-refractivity contribution is 5.71. The molecule has 1 aliphatic rings. The number of nitrogens with zero attached hydrogens (tertiary/aromatic N) is 1. The molecule has 0 saturated carbocycles. The van der Waals surface area contributed by atoms with Crippen molar-refractivity contribution in [3.8, 4) is 0 Å². The topological polar surface area (TPSA) is 29.5 Å². The molecule has 1 atom stereocenters. The summed E-state index contributed by atoms with van der Waals surface area (Å²) in [6, 6.07) is 20.0. The third-order valence-corrected chi connectivity index (χ3v) is 3.52. The summed E-state index contributed by atoms with van der Waals surface area (Å²) in [5.74, 6) is 0. The summed E-state index contributed by atoms with van der Waals surface area (Å²) in [5.41, 5.74) is 2.23. The number of hydrogen-bond donors (Lipinski definition) is 0. The van der Waals surface area contributed by atoms with Crippen LogP contribution in [0, 0.1) is 0 Å². The van der Waals surface area contributed by atoms with E-state index in [1.165, 1.54) is 0 Å². The molecule has 1 amide bonds. The van der Waals surface area contributed by atoms with Crippen LogP contribution in [0.5, 0.6) is 0 Å². The molecule has 1 aliphatic heterocycles. The van der Waals surface area contributed by atoms with E-state index in [4.69, 9.17) is 4.74 Å². The van der Waals surface area contributed by atoms with Crippen molar-refractivity contribution in [2.24, 2.45) is 0 Å². The van der Waals surface area contributed by atoms with Gasteiger partial charge in [0.15, 0.2) is 0 Å². The van der Waals surface area contributed by atoms with Crippen molar-refractivity contribution in [1.29, 1.82) is 0 Å². The Bertz CT molecular complexity index is 622. The monoisotopic (exact) mass is 279 g/mol. The van der Waals surface area contributed by atoms with Crippen molar-refractivity contribution in [3.63, 3.8) is 0 Å². The quantitative estimate of drug-likeness (QED) is 0.853. The van der Waals surface area contributed by atoms with Gasteiger partial charge in [0.05, 0.1) is 6.04 Å². The van der Waals surface area contributed by atoms with E-state index in [0.717, 1.165) is 11.1 Å². The normalized spacial score (nSPS) is 18.2. The Morgan fingerprint density at radius 1 is 1.05 bits per heavy atom. The Labute approximate surface area is 124 Å². The van der Waals surface area contributed by atoms with E-state index in [1.54, 1.807) is 4.90 Å². The summed E-state index contributed by atoms with van der Waals surface area (Å²) in [5, 5.41) is 0. The Morgan fingerprint density at radius 3 is 2.43 bits per heavy atom. The second-order valence-corrected chi connectivity index (χ2v) is 5.03. The molecular formula is C18H17NO2. The molecule has 0 radical (unpaired) electrons. The van der Waals surface area contributed by atoms with Gasteiger partial charge in [0.2, 0.25) is 0 Å². The van der Waals surface area contributed by atoms with E-state index < -0.39 is 0 Å². The number of benzene rings is 2. The number of ether oxygens (including phenoxy) is 1. The first-order valence-corrected chi connectivity index (χ1v) is 7.03. The largest absolute Gasteiger partial charge is 0.447 e. The van der Waals surface area contributed by atoms with Gasteiger partial charge in [-0.15, -0.1) is 0 Å². The Morgan fingerprint density at radius 2 is 1.71 bits per heavy atom. The number of amides is 1. The zero-order chi connectivity index (χ0) is 14.5. The van der Waals surface area contributed by atoms with Gasteiger partial charge in [-0.3, -0.25) is 4.90 Å². The van der Waals surface area contributed by atoms with Crippen molar-refractivity contribution < 1.29 is 9.53 Å². The number of cyclic esters (lactones) is 1. The molecule has 106 valence electrons. The van der Waals surface area contributed by atoms with Crippen LogP contribution in [-0.2, 0) is 11.3 Å². The van der Waals surface area contributed by atoms with Crippen LogP contribution in [0.3, 0.4) is 0 Å². The zero-order valence-corrected chi connectivity index (χ0v) is 11.7. The second kappa shape index (κ2) is 6.27. The van der Waals surface area contributed by atoms with Crippen molar-refractivity contribution in [1.82, 2.24) is 4.90 Å². The van der Waals surface area contributed by atoms with Crippen molar-refractivity contribution in [2.75, 3.05) is 6.61 Å². The average molecular weight is 279 g/mol. The number of rotatable bonds is 4. The lowest BCUT2D eigenvalue weighted by Crippen LogP contribution is -2.31. The number of hydrogen-bond acceptors (Lipinski definition) is 2. The minimum Gasteiger partial charge on any atom is -0.447 e. The van der Waals surface area contributed by atoms with Crippen LogP contribution in [-0.4, -0.2) is 23.6 Å². The molecule has 2 aromatic carbocycles. The highest BCUT2D eigenvalue weighted by Crippen LogP contribution is 2.18. The first-order valence-electron chi connectivity index (χ1n) is 7.03. The third kappa shape index (κ3) is 3.31. The lowest BCUT2D eigenvalue weighted by Gasteiger charge is -2.18. The SMILES string of the molecule is O=C1OCC(C=Cc2ccccc2)N1Cc1ccccc1. The Balaban J connectivity index is 1.72. The molecule has 0 aliphatic carbocycles. The van der Waals surface area contributed by atoms with Crippen molar-refractivity contribution in [3.05, 3.63) is 77.9 Å². The van der Waals surface area contributed by atoms with Gasteiger partial charge in [-0.1, -0.05) is 72.8 Å². The van der Waals surface area contributed by atoms with E-state index in [-0.39, 0.29) is 12.1 Å². The van der Waals surface area contributed by atoms with E-state index in [1.807, 2.05) is 72.8 Å². The van der Waals surface area contributed by atoms with Gasteiger partial charge in [0, 0.05) is 6.54 Å². The van der Waals surface area contributed by atoms with Gasteiger partial charge in [-0.2, -0.15) is 0 Å². The molecular weight excluding hydrogens is 262 g/mol. The van der Waals surface area contributed by atoms with Crippen molar-refractivity contribution in [2.45, 2.75) is 12.6 Å². The van der Waals surface area contributed by atoms with E-state index in [9.17, 15) is 4.79 Å².